The Kier molecular flexibility index (Phi) is 4.62. The maximum atomic E-state index is 12.0. The molecular formula is C23H27N3O. The largest absolute Gasteiger partial charge is 0.380 e. The van der Waals surface area contributed by atoms with Crippen LogP contribution in [0.15, 0.2) is 54.6 Å². The van der Waals surface area contributed by atoms with Crippen LogP contribution in [-0.4, -0.2) is 40.4 Å². The Balaban J connectivity index is 1.91. The van der Waals surface area contributed by atoms with E-state index in [4.69, 9.17) is 5.10 Å². The smallest absolute Gasteiger partial charge is 0.120 e. The number of aliphatic hydroxyl groups is 1. The molecule has 0 saturated heterocycles. The van der Waals surface area contributed by atoms with Gasteiger partial charge in [0.1, 0.15) is 5.60 Å². The van der Waals surface area contributed by atoms with Gasteiger partial charge in [-0.2, -0.15) is 5.10 Å². The van der Waals surface area contributed by atoms with Crippen LogP contribution < -0.4 is 0 Å². The highest BCUT2D eigenvalue weighted by Crippen LogP contribution is 2.53. The first-order valence-corrected chi connectivity index (χ1v) is 9.70. The number of aryl methyl sites for hydroxylation is 1. The van der Waals surface area contributed by atoms with Crippen LogP contribution in [0.2, 0.25) is 0 Å². The maximum absolute atomic E-state index is 12.0. The Labute approximate surface area is 161 Å². The summed E-state index contributed by atoms with van der Waals surface area (Å²) < 4.78 is 2.04. The molecule has 0 radical (unpaired) electrons. The molecule has 0 fully saturated rings. The van der Waals surface area contributed by atoms with E-state index in [1.807, 2.05) is 35.0 Å². The third-order valence-electron chi connectivity index (χ3n) is 5.48. The SMILES string of the molecule is CCn1nc(-c2ccccc2)c2c1-c1ccccc1C2(O)CCCN(C)C. The topological polar surface area (TPSA) is 41.3 Å². The molecule has 0 bridgehead atoms. The summed E-state index contributed by atoms with van der Waals surface area (Å²) in [6.07, 6.45) is 1.60. The second kappa shape index (κ2) is 6.95. The molecular weight excluding hydrogens is 334 g/mol. The summed E-state index contributed by atoms with van der Waals surface area (Å²) in [7, 11) is 4.14. The van der Waals surface area contributed by atoms with Crippen LogP contribution in [0.25, 0.3) is 22.5 Å². The Morgan fingerprint density at radius 3 is 2.44 bits per heavy atom. The summed E-state index contributed by atoms with van der Waals surface area (Å²) in [6.45, 7) is 3.83. The first kappa shape index (κ1) is 18.0. The highest BCUT2D eigenvalue weighted by Gasteiger charge is 2.46. The van der Waals surface area contributed by atoms with Crippen molar-refractivity contribution < 1.29 is 5.11 Å². The summed E-state index contributed by atoms with van der Waals surface area (Å²) in [4.78, 5) is 2.17. The third kappa shape index (κ3) is 2.89. The fraction of sp³-hybridized carbons (Fsp3) is 0.348. The molecule has 1 heterocycles. The van der Waals surface area contributed by atoms with Crippen molar-refractivity contribution in [1.29, 1.82) is 0 Å². The third-order valence-corrected chi connectivity index (χ3v) is 5.48. The molecule has 1 atom stereocenters. The zero-order chi connectivity index (χ0) is 19.0. The van der Waals surface area contributed by atoms with E-state index in [1.54, 1.807) is 0 Å². The van der Waals surface area contributed by atoms with Crippen LogP contribution in [0.1, 0.15) is 30.9 Å². The zero-order valence-electron chi connectivity index (χ0n) is 16.3. The van der Waals surface area contributed by atoms with Crippen molar-refractivity contribution in [2.24, 2.45) is 0 Å². The molecule has 27 heavy (non-hydrogen) atoms. The molecule has 0 saturated carbocycles. The minimum absolute atomic E-state index is 0.685. The molecule has 140 valence electrons. The lowest BCUT2D eigenvalue weighted by Gasteiger charge is -2.26. The molecule has 0 aliphatic heterocycles. The highest BCUT2D eigenvalue weighted by molar-refractivity contribution is 5.84. The second-order valence-electron chi connectivity index (χ2n) is 7.57. The van der Waals surface area contributed by atoms with Gasteiger partial charge >= 0.3 is 0 Å². The lowest BCUT2D eigenvalue weighted by molar-refractivity contribution is 0.0717. The molecule has 1 aromatic heterocycles. The average molecular weight is 361 g/mol. The van der Waals surface area contributed by atoms with Gasteiger partial charge in [-0.1, -0.05) is 54.6 Å². The van der Waals surface area contributed by atoms with Gasteiger partial charge in [0.05, 0.1) is 11.4 Å². The van der Waals surface area contributed by atoms with Crippen LogP contribution in [0, 0.1) is 0 Å². The average Bonchev–Trinajstić information content (AvgIpc) is 3.18. The van der Waals surface area contributed by atoms with E-state index in [0.717, 1.165) is 53.2 Å². The summed E-state index contributed by atoms with van der Waals surface area (Å²) in [5.41, 5.74) is 5.11. The van der Waals surface area contributed by atoms with Crippen LogP contribution in [0.4, 0.5) is 0 Å². The van der Waals surface area contributed by atoms with Gasteiger partial charge in [-0.15, -0.1) is 0 Å². The summed E-state index contributed by atoms with van der Waals surface area (Å²) in [6, 6.07) is 18.5. The summed E-state index contributed by atoms with van der Waals surface area (Å²) in [5, 5.41) is 16.9. The van der Waals surface area contributed by atoms with E-state index in [1.165, 1.54) is 0 Å². The van der Waals surface area contributed by atoms with Gasteiger partial charge in [-0.25, -0.2) is 0 Å². The molecule has 1 aliphatic rings. The first-order valence-electron chi connectivity index (χ1n) is 9.70. The van der Waals surface area contributed by atoms with Crippen molar-refractivity contribution >= 4 is 0 Å². The van der Waals surface area contributed by atoms with E-state index >= 15 is 0 Å². The standard InChI is InChI=1S/C23H27N3O/c1-4-26-22-18-13-8-9-14-19(18)23(27,15-10-16-25(2)3)20(22)21(24-26)17-11-6-5-7-12-17/h5-9,11-14,27H,4,10,15-16H2,1-3H3. The van der Waals surface area contributed by atoms with Crippen molar-refractivity contribution in [3.63, 3.8) is 0 Å². The molecule has 2 aromatic carbocycles. The fourth-order valence-corrected chi connectivity index (χ4v) is 4.25. The van der Waals surface area contributed by atoms with E-state index in [0.29, 0.717) is 6.42 Å². The molecule has 1 unspecified atom stereocenters. The highest BCUT2D eigenvalue weighted by atomic mass is 16.3. The predicted molar refractivity (Wildman–Crippen MR) is 110 cm³/mol. The summed E-state index contributed by atoms with van der Waals surface area (Å²) >= 11 is 0. The number of benzene rings is 2. The van der Waals surface area contributed by atoms with E-state index in [-0.39, 0.29) is 0 Å². The Hall–Kier alpha value is -2.43. The molecule has 1 N–H and O–H groups in total. The number of rotatable bonds is 6. The quantitative estimate of drug-likeness (QED) is 0.718. The van der Waals surface area contributed by atoms with Gasteiger partial charge in [0, 0.05) is 23.2 Å². The monoisotopic (exact) mass is 361 g/mol. The normalized spacial score (nSPS) is 18.0. The number of hydrogen-bond donors (Lipinski definition) is 1. The van der Waals surface area contributed by atoms with Gasteiger partial charge in [0.2, 0.25) is 0 Å². The zero-order valence-corrected chi connectivity index (χ0v) is 16.3. The molecule has 4 rings (SSSR count). The van der Waals surface area contributed by atoms with Gasteiger partial charge in [-0.05, 0) is 46.0 Å². The van der Waals surface area contributed by atoms with Crippen molar-refractivity contribution in [1.82, 2.24) is 14.7 Å². The molecule has 4 nitrogen and oxygen atoms in total. The molecule has 1 aliphatic carbocycles. The minimum atomic E-state index is -0.999. The van der Waals surface area contributed by atoms with Crippen LogP contribution in [0.5, 0.6) is 0 Å². The minimum Gasteiger partial charge on any atom is -0.380 e. The predicted octanol–water partition coefficient (Wildman–Crippen LogP) is 4.13. The van der Waals surface area contributed by atoms with Crippen LogP contribution in [0.3, 0.4) is 0 Å². The lowest BCUT2D eigenvalue weighted by atomic mass is 9.85. The van der Waals surface area contributed by atoms with Gasteiger partial charge in [0.25, 0.3) is 0 Å². The Bertz CT molecular complexity index is 946. The first-order chi connectivity index (χ1) is 13.1. The number of nitrogens with zero attached hydrogens (tertiary/aromatic N) is 3. The lowest BCUT2D eigenvalue weighted by Crippen LogP contribution is -2.27. The maximum Gasteiger partial charge on any atom is 0.120 e. The van der Waals surface area contributed by atoms with Gasteiger partial charge in [-0.3, -0.25) is 4.68 Å². The molecule has 0 amide bonds. The van der Waals surface area contributed by atoms with E-state index in [2.05, 4.69) is 50.2 Å². The molecule has 3 aromatic rings. The van der Waals surface area contributed by atoms with Crippen molar-refractivity contribution in [2.45, 2.75) is 31.9 Å². The van der Waals surface area contributed by atoms with E-state index < -0.39 is 5.60 Å². The molecule has 0 spiro atoms. The summed E-state index contributed by atoms with van der Waals surface area (Å²) in [5.74, 6) is 0. The number of hydrogen-bond acceptors (Lipinski definition) is 3. The molecule has 4 heteroatoms. The van der Waals surface area contributed by atoms with Gasteiger partial charge in [0.15, 0.2) is 0 Å². The number of aromatic nitrogens is 2. The van der Waals surface area contributed by atoms with Crippen molar-refractivity contribution in [3.8, 4) is 22.5 Å². The number of fused-ring (bicyclic) bond motifs is 3. The van der Waals surface area contributed by atoms with Crippen molar-refractivity contribution in [3.05, 3.63) is 65.7 Å². The van der Waals surface area contributed by atoms with Crippen molar-refractivity contribution in [2.75, 3.05) is 20.6 Å². The Morgan fingerprint density at radius 1 is 1.04 bits per heavy atom. The van der Waals surface area contributed by atoms with Crippen LogP contribution in [-0.2, 0) is 12.1 Å². The van der Waals surface area contributed by atoms with E-state index in [9.17, 15) is 5.11 Å². The van der Waals surface area contributed by atoms with Crippen LogP contribution >= 0.6 is 0 Å². The second-order valence-corrected chi connectivity index (χ2v) is 7.57. The van der Waals surface area contributed by atoms with Gasteiger partial charge < -0.3 is 10.0 Å². The fourth-order valence-electron chi connectivity index (χ4n) is 4.25. The Morgan fingerprint density at radius 2 is 1.74 bits per heavy atom.